The standard InChI is InChI=1S/C20H24N2O4/c1-21(16-3-2-4-18(24)11-16)17-9-10-22(12-17)20(25)14-26-19-7-5-15(13-23)6-8-19/h2-8,11,17,23-24H,9-10,12-14H2,1H3. The van der Waals surface area contributed by atoms with Gasteiger partial charge >= 0.3 is 0 Å². The number of ether oxygens (including phenoxy) is 1. The highest BCUT2D eigenvalue weighted by Gasteiger charge is 2.29. The molecule has 26 heavy (non-hydrogen) atoms. The predicted octanol–water partition coefficient (Wildman–Crippen LogP) is 2.00. The second-order valence-electron chi connectivity index (χ2n) is 6.50. The third kappa shape index (κ3) is 4.26. The molecule has 0 bridgehead atoms. The second-order valence-corrected chi connectivity index (χ2v) is 6.50. The molecular formula is C20H24N2O4. The number of aliphatic hydroxyl groups is 1. The fraction of sp³-hybridized carbons (Fsp3) is 0.350. The molecule has 1 heterocycles. The SMILES string of the molecule is CN(c1cccc(O)c1)C1CCN(C(=O)COc2ccc(CO)cc2)C1. The topological polar surface area (TPSA) is 73.2 Å². The van der Waals surface area contributed by atoms with E-state index >= 15 is 0 Å². The monoisotopic (exact) mass is 356 g/mol. The lowest BCUT2D eigenvalue weighted by Crippen LogP contribution is -2.38. The number of carbonyl (C=O) groups excluding carboxylic acids is 1. The zero-order chi connectivity index (χ0) is 18.5. The van der Waals surface area contributed by atoms with E-state index in [0.717, 1.165) is 17.7 Å². The molecule has 0 saturated carbocycles. The van der Waals surface area contributed by atoms with E-state index in [9.17, 15) is 9.90 Å². The van der Waals surface area contributed by atoms with E-state index in [1.54, 1.807) is 36.4 Å². The van der Waals surface area contributed by atoms with Crippen LogP contribution < -0.4 is 9.64 Å². The maximum absolute atomic E-state index is 12.4. The van der Waals surface area contributed by atoms with Crippen molar-refractivity contribution in [3.05, 3.63) is 54.1 Å². The Labute approximate surface area is 153 Å². The van der Waals surface area contributed by atoms with Gasteiger partial charge in [0.15, 0.2) is 6.61 Å². The Morgan fingerprint density at radius 1 is 1.27 bits per heavy atom. The van der Waals surface area contributed by atoms with Crippen LogP contribution >= 0.6 is 0 Å². The zero-order valence-corrected chi connectivity index (χ0v) is 14.8. The zero-order valence-electron chi connectivity index (χ0n) is 14.8. The van der Waals surface area contributed by atoms with Crippen molar-refractivity contribution in [2.75, 3.05) is 31.6 Å². The van der Waals surface area contributed by atoms with Crippen LogP contribution in [0.4, 0.5) is 5.69 Å². The summed E-state index contributed by atoms with van der Waals surface area (Å²) in [7, 11) is 1.98. The van der Waals surface area contributed by atoms with Crippen molar-refractivity contribution < 1.29 is 19.7 Å². The van der Waals surface area contributed by atoms with Crippen LogP contribution in [-0.4, -0.2) is 53.8 Å². The van der Waals surface area contributed by atoms with Crippen LogP contribution in [0.5, 0.6) is 11.5 Å². The smallest absolute Gasteiger partial charge is 0.260 e. The molecule has 0 spiro atoms. The summed E-state index contributed by atoms with van der Waals surface area (Å²) < 4.78 is 5.56. The van der Waals surface area contributed by atoms with E-state index in [2.05, 4.69) is 4.90 Å². The van der Waals surface area contributed by atoms with Crippen LogP contribution in [-0.2, 0) is 11.4 Å². The summed E-state index contributed by atoms with van der Waals surface area (Å²) in [5.74, 6) is 0.812. The third-order valence-electron chi connectivity index (χ3n) is 4.77. The minimum Gasteiger partial charge on any atom is -0.508 e. The summed E-state index contributed by atoms with van der Waals surface area (Å²) in [5.41, 5.74) is 1.74. The molecular weight excluding hydrogens is 332 g/mol. The first kappa shape index (κ1) is 18.1. The molecule has 1 unspecified atom stereocenters. The third-order valence-corrected chi connectivity index (χ3v) is 4.77. The number of phenolic OH excluding ortho intramolecular Hbond substituents is 1. The number of phenols is 1. The molecule has 2 N–H and O–H groups in total. The summed E-state index contributed by atoms with van der Waals surface area (Å²) >= 11 is 0. The van der Waals surface area contributed by atoms with Gasteiger partial charge in [-0.25, -0.2) is 0 Å². The van der Waals surface area contributed by atoms with Crippen LogP contribution in [0.25, 0.3) is 0 Å². The Bertz CT molecular complexity index is 748. The fourth-order valence-corrected chi connectivity index (χ4v) is 3.14. The van der Waals surface area contributed by atoms with Gasteiger partial charge in [-0.3, -0.25) is 4.79 Å². The quantitative estimate of drug-likeness (QED) is 0.828. The lowest BCUT2D eigenvalue weighted by molar-refractivity contribution is -0.132. The number of likely N-dealkylation sites (N-methyl/N-ethyl adjacent to an activating group) is 1. The van der Waals surface area contributed by atoms with Gasteiger partial charge in [0.05, 0.1) is 6.61 Å². The van der Waals surface area contributed by atoms with Crippen LogP contribution in [0.1, 0.15) is 12.0 Å². The first-order chi connectivity index (χ1) is 12.6. The number of aliphatic hydroxyl groups excluding tert-OH is 1. The molecule has 1 fully saturated rings. The number of likely N-dealkylation sites (tertiary alicyclic amines) is 1. The predicted molar refractivity (Wildman–Crippen MR) is 99.4 cm³/mol. The van der Waals surface area contributed by atoms with Gasteiger partial charge in [-0.05, 0) is 36.2 Å². The van der Waals surface area contributed by atoms with Crippen molar-refractivity contribution in [2.45, 2.75) is 19.1 Å². The van der Waals surface area contributed by atoms with Gasteiger partial charge in [0, 0.05) is 37.9 Å². The lowest BCUT2D eigenvalue weighted by atomic mass is 10.2. The van der Waals surface area contributed by atoms with Crippen LogP contribution in [0.2, 0.25) is 0 Å². The molecule has 6 heteroatoms. The Morgan fingerprint density at radius 3 is 2.73 bits per heavy atom. The lowest BCUT2D eigenvalue weighted by Gasteiger charge is -2.27. The number of carbonyl (C=O) groups is 1. The van der Waals surface area contributed by atoms with Crippen molar-refractivity contribution in [1.82, 2.24) is 4.90 Å². The van der Waals surface area contributed by atoms with Crippen molar-refractivity contribution in [1.29, 1.82) is 0 Å². The molecule has 138 valence electrons. The van der Waals surface area contributed by atoms with Gasteiger partial charge in [0.2, 0.25) is 0 Å². The largest absolute Gasteiger partial charge is 0.508 e. The van der Waals surface area contributed by atoms with Crippen LogP contribution in [0, 0.1) is 0 Å². The molecule has 0 aromatic heterocycles. The van der Waals surface area contributed by atoms with Crippen molar-refractivity contribution in [2.24, 2.45) is 0 Å². The summed E-state index contributed by atoms with van der Waals surface area (Å²) in [6.07, 6.45) is 0.878. The maximum Gasteiger partial charge on any atom is 0.260 e. The molecule has 1 aliphatic heterocycles. The normalized spacial score (nSPS) is 16.5. The van der Waals surface area contributed by atoms with Gasteiger partial charge < -0.3 is 24.7 Å². The number of hydrogen-bond acceptors (Lipinski definition) is 5. The van der Waals surface area contributed by atoms with Gasteiger partial charge in [0.1, 0.15) is 11.5 Å². The van der Waals surface area contributed by atoms with Crippen molar-refractivity contribution >= 4 is 11.6 Å². The number of aromatic hydroxyl groups is 1. The Balaban J connectivity index is 1.51. The first-order valence-corrected chi connectivity index (χ1v) is 8.69. The number of anilines is 1. The molecule has 3 rings (SSSR count). The van der Waals surface area contributed by atoms with E-state index in [-0.39, 0.29) is 30.9 Å². The molecule has 1 aliphatic rings. The molecule has 1 amide bonds. The van der Waals surface area contributed by atoms with Gasteiger partial charge in [-0.1, -0.05) is 18.2 Å². The highest BCUT2D eigenvalue weighted by Crippen LogP contribution is 2.24. The van der Waals surface area contributed by atoms with Gasteiger partial charge in [0.25, 0.3) is 5.91 Å². The number of rotatable bonds is 6. The maximum atomic E-state index is 12.4. The van der Waals surface area contributed by atoms with E-state index in [4.69, 9.17) is 9.84 Å². The first-order valence-electron chi connectivity index (χ1n) is 8.69. The summed E-state index contributed by atoms with van der Waals surface area (Å²) in [6.45, 7) is 1.32. The van der Waals surface area contributed by atoms with Crippen LogP contribution in [0.15, 0.2) is 48.5 Å². The minimum absolute atomic E-state index is 0.00102. The molecule has 6 nitrogen and oxygen atoms in total. The van der Waals surface area contributed by atoms with Gasteiger partial charge in [-0.15, -0.1) is 0 Å². The Hall–Kier alpha value is -2.73. The molecule has 0 radical (unpaired) electrons. The molecule has 1 atom stereocenters. The minimum atomic E-state index is -0.0388. The number of amides is 1. The number of hydrogen-bond donors (Lipinski definition) is 2. The van der Waals surface area contributed by atoms with E-state index in [0.29, 0.717) is 18.8 Å². The molecule has 2 aromatic rings. The Kier molecular flexibility index (Phi) is 5.63. The molecule has 1 saturated heterocycles. The summed E-state index contributed by atoms with van der Waals surface area (Å²) in [4.78, 5) is 16.3. The average Bonchev–Trinajstić information content (AvgIpc) is 3.16. The summed E-state index contributed by atoms with van der Waals surface area (Å²) in [6, 6.07) is 14.4. The highest BCUT2D eigenvalue weighted by molar-refractivity contribution is 5.78. The molecule has 2 aromatic carbocycles. The number of nitrogens with zero attached hydrogens (tertiary/aromatic N) is 2. The number of benzene rings is 2. The van der Waals surface area contributed by atoms with Crippen molar-refractivity contribution in [3.63, 3.8) is 0 Å². The van der Waals surface area contributed by atoms with Crippen molar-refractivity contribution in [3.8, 4) is 11.5 Å². The molecule has 0 aliphatic carbocycles. The van der Waals surface area contributed by atoms with E-state index in [1.165, 1.54) is 0 Å². The fourth-order valence-electron chi connectivity index (χ4n) is 3.14. The average molecular weight is 356 g/mol. The second kappa shape index (κ2) is 8.10. The van der Waals surface area contributed by atoms with Crippen LogP contribution in [0.3, 0.4) is 0 Å². The summed E-state index contributed by atoms with van der Waals surface area (Å²) in [5, 5.41) is 18.7. The highest BCUT2D eigenvalue weighted by atomic mass is 16.5. The van der Waals surface area contributed by atoms with E-state index in [1.807, 2.05) is 24.1 Å². The Morgan fingerprint density at radius 2 is 2.04 bits per heavy atom. The van der Waals surface area contributed by atoms with E-state index < -0.39 is 0 Å². The van der Waals surface area contributed by atoms with Gasteiger partial charge in [-0.2, -0.15) is 0 Å².